The molecule has 0 spiro atoms. The fourth-order valence-corrected chi connectivity index (χ4v) is 1.61. The largest absolute Gasteiger partial charge is 0.496 e. The molecule has 0 aliphatic heterocycles. The van der Waals surface area contributed by atoms with Gasteiger partial charge < -0.3 is 16.2 Å². The number of aromatic nitrogens is 1. The van der Waals surface area contributed by atoms with Gasteiger partial charge in [-0.1, -0.05) is 18.2 Å². The van der Waals surface area contributed by atoms with E-state index in [1.807, 2.05) is 24.3 Å². The Hall–Kier alpha value is -2.23. The first kappa shape index (κ1) is 10.3. The molecular weight excluding hydrogens is 202 g/mol. The van der Waals surface area contributed by atoms with Crippen LogP contribution in [0.15, 0.2) is 36.4 Å². The van der Waals surface area contributed by atoms with E-state index in [2.05, 4.69) is 4.98 Å². The molecule has 4 N–H and O–H groups in total. The standard InChI is InChI=1S/C12H13N3O/c1-16-10-5-3-2-4-9(10)8-6-11(13)15-12(14)7-8/h2-7H,1H3,(H4,13,14,15). The van der Waals surface area contributed by atoms with E-state index in [0.29, 0.717) is 11.6 Å². The van der Waals surface area contributed by atoms with Gasteiger partial charge in [0.2, 0.25) is 0 Å². The summed E-state index contributed by atoms with van der Waals surface area (Å²) in [5, 5.41) is 0. The summed E-state index contributed by atoms with van der Waals surface area (Å²) in [6.45, 7) is 0. The van der Waals surface area contributed by atoms with Crippen molar-refractivity contribution in [2.45, 2.75) is 0 Å². The predicted octanol–water partition coefficient (Wildman–Crippen LogP) is 1.92. The Morgan fingerprint density at radius 2 is 1.69 bits per heavy atom. The SMILES string of the molecule is COc1ccccc1-c1cc(N)nc(N)c1. The molecule has 82 valence electrons. The molecule has 0 fully saturated rings. The summed E-state index contributed by atoms with van der Waals surface area (Å²) in [5.74, 6) is 1.59. The van der Waals surface area contributed by atoms with Crippen LogP contribution in [0.25, 0.3) is 11.1 Å². The van der Waals surface area contributed by atoms with Crippen LogP contribution in [0.2, 0.25) is 0 Å². The zero-order valence-corrected chi connectivity index (χ0v) is 8.97. The van der Waals surface area contributed by atoms with Crippen LogP contribution in [0, 0.1) is 0 Å². The number of nitrogen functional groups attached to an aromatic ring is 2. The van der Waals surface area contributed by atoms with Crippen LogP contribution in [0.3, 0.4) is 0 Å². The molecule has 1 aromatic carbocycles. The number of rotatable bonds is 2. The van der Waals surface area contributed by atoms with Gasteiger partial charge in [0, 0.05) is 5.56 Å². The zero-order chi connectivity index (χ0) is 11.5. The Bertz CT molecular complexity index is 491. The first-order chi connectivity index (χ1) is 7.70. The molecule has 0 bridgehead atoms. The van der Waals surface area contributed by atoms with Crippen molar-refractivity contribution < 1.29 is 4.74 Å². The topological polar surface area (TPSA) is 74.2 Å². The number of anilines is 2. The number of ether oxygens (including phenoxy) is 1. The Balaban J connectivity index is 2.58. The third-order valence-corrected chi connectivity index (χ3v) is 2.28. The van der Waals surface area contributed by atoms with Gasteiger partial charge >= 0.3 is 0 Å². The number of nitrogens with zero attached hydrogens (tertiary/aromatic N) is 1. The number of methoxy groups -OCH3 is 1. The van der Waals surface area contributed by atoms with Crippen LogP contribution >= 0.6 is 0 Å². The first-order valence-electron chi connectivity index (χ1n) is 4.87. The number of para-hydroxylation sites is 1. The lowest BCUT2D eigenvalue weighted by molar-refractivity contribution is 0.416. The van der Waals surface area contributed by atoms with E-state index in [9.17, 15) is 0 Å². The second kappa shape index (κ2) is 4.10. The third kappa shape index (κ3) is 1.91. The molecule has 0 unspecified atom stereocenters. The molecule has 2 rings (SSSR count). The molecule has 2 aromatic rings. The number of benzene rings is 1. The Kier molecular flexibility index (Phi) is 2.64. The molecule has 16 heavy (non-hydrogen) atoms. The van der Waals surface area contributed by atoms with Crippen LogP contribution in [0.1, 0.15) is 0 Å². The fraction of sp³-hybridized carbons (Fsp3) is 0.0833. The van der Waals surface area contributed by atoms with E-state index < -0.39 is 0 Å². The molecule has 4 heteroatoms. The van der Waals surface area contributed by atoms with Gasteiger partial charge in [0.05, 0.1) is 7.11 Å². The summed E-state index contributed by atoms with van der Waals surface area (Å²) in [6, 6.07) is 11.2. The highest BCUT2D eigenvalue weighted by Gasteiger charge is 2.06. The summed E-state index contributed by atoms with van der Waals surface area (Å²) in [4.78, 5) is 3.93. The maximum atomic E-state index is 5.66. The Morgan fingerprint density at radius 1 is 1.06 bits per heavy atom. The highest BCUT2D eigenvalue weighted by molar-refractivity contribution is 5.74. The van der Waals surface area contributed by atoms with Crippen molar-refractivity contribution in [2.24, 2.45) is 0 Å². The van der Waals surface area contributed by atoms with Gasteiger partial charge in [0.1, 0.15) is 17.4 Å². The van der Waals surface area contributed by atoms with Crippen molar-refractivity contribution >= 4 is 11.6 Å². The van der Waals surface area contributed by atoms with Crippen molar-refractivity contribution in [1.29, 1.82) is 0 Å². The molecule has 0 atom stereocenters. The number of nitrogens with two attached hydrogens (primary N) is 2. The monoisotopic (exact) mass is 215 g/mol. The van der Waals surface area contributed by atoms with E-state index in [1.54, 1.807) is 19.2 Å². The van der Waals surface area contributed by atoms with Crippen molar-refractivity contribution in [3.63, 3.8) is 0 Å². The van der Waals surface area contributed by atoms with Crippen molar-refractivity contribution in [2.75, 3.05) is 18.6 Å². The lowest BCUT2D eigenvalue weighted by Crippen LogP contribution is -1.97. The van der Waals surface area contributed by atoms with Gasteiger partial charge in [-0.25, -0.2) is 4.98 Å². The van der Waals surface area contributed by atoms with Gasteiger partial charge in [0.25, 0.3) is 0 Å². The Morgan fingerprint density at radius 3 is 2.31 bits per heavy atom. The molecule has 0 aliphatic carbocycles. The quantitative estimate of drug-likeness (QED) is 0.802. The highest BCUT2D eigenvalue weighted by atomic mass is 16.5. The number of hydrogen-bond donors (Lipinski definition) is 2. The van der Waals surface area contributed by atoms with E-state index in [-0.39, 0.29) is 0 Å². The van der Waals surface area contributed by atoms with Gasteiger partial charge in [-0.05, 0) is 23.8 Å². The molecule has 1 aromatic heterocycles. The van der Waals surface area contributed by atoms with Crippen LogP contribution < -0.4 is 16.2 Å². The van der Waals surface area contributed by atoms with E-state index in [0.717, 1.165) is 16.9 Å². The van der Waals surface area contributed by atoms with Crippen molar-refractivity contribution in [1.82, 2.24) is 4.98 Å². The number of hydrogen-bond acceptors (Lipinski definition) is 4. The summed E-state index contributed by atoms with van der Waals surface area (Å²) >= 11 is 0. The minimum atomic E-state index is 0.404. The van der Waals surface area contributed by atoms with E-state index in [4.69, 9.17) is 16.2 Å². The lowest BCUT2D eigenvalue weighted by Gasteiger charge is -2.09. The van der Waals surface area contributed by atoms with Crippen LogP contribution in [-0.4, -0.2) is 12.1 Å². The summed E-state index contributed by atoms with van der Waals surface area (Å²) in [7, 11) is 1.63. The van der Waals surface area contributed by atoms with Crippen LogP contribution in [-0.2, 0) is 0 Å². The molecule has 4 nitrogen and oxygen atoms in total. The molecular formula is C12H13N3O. The molecule has 0 saturated carbocycles. The average molecular weight is 215 g/mol. The molecule has 1 heterocycles. The van der Waals surface area contributed by atoms with Crippen molar-refractivity contribution in [3.8, 4) is 16.9 Å². The van der Waals surface area contributed by atoms with E-state index >= 15 is 0 Å². The minimum Gasteiger partial charge on any atom is -0.496 e. The van der Waals surface area contributed by atoms with Crippen molar-refractivity contribution in [3.05, 3.63) is 36.4 Å². The van der Waals surface area contributed by atoms with Gasteiger partial charge in [-0.2, -0.15) is 0 Å². The normalized spacial score (nSPS) is 10.1. The zero-order valence-electron chi connectivity index (χ0n) is 8.97. The second-order valence-corrected chi connectivity index (χ2v) is 3.41. The summed E-state index contributed by atoms with van der Waals surface area (Å²) in [6.07, 6.45) is 0. The van der Waals surface area contributed by atoms with Crippen LogP contribution in [0.4, 0.5) is 11.6 Å². The second-order valence-electron chi connectivity index (χ2n) is 3.41. The van der Waals surface area contributed by atoms with E-state index in [1.165, 1.54) is 0 Å². The fourth-order valence-electron chi connectivity index (χ4n) is 1.61. The van der Waals surface area contributed by atoms with Gasteiger partial charge in [-0.3, -0.25) is 0 Å². The van der Waals surface area contributed by atoms with Gasteiger partial charge in [-0.15, -0.1) is 0 Å². The minimum absolute atomic E-state index is 0.404. The maximum absolute atomic E-state index is 5.66. The maximum Gasteiger partial charge on any atom is 0.126 e. The average Bonchev–Trinajstić information content (AvgIpc) is 2.27. The lowest BCUT2D eigenvalue weighted by atomic mass is 10.1. The molecule has 0 radical (unpaired) electrons. The third-order valence-electron chi connectivity index (χ3n) is 2.28. The van der Waals surface area contributed by atoms with Crippen LogP contribution in [0.5, 0.6) is 5.75 Å². The molecule has 0 saturated heterocycles. The number of pyridine rings is 1. The first-order valence-corrected chi connectivity index (χ1v) is 4.87. The summed E-state index contributed by atoms with van der Waals surface area (Å²) in [5.41, 5.74) is 13.2. The highest BCUT2D eigenvalue weighted by Crippen LogP contribution is 2.30. The molecule has 0 aliphatic rings. The van der Waals surface area contributed by atoms with Gasteiger partial charge in [0.15, 0.2) is 0 Å². The summed E-state index contributed by atoms with van der Waals surface area (Å²) < 4.78 is 5.28. The molecule has 0 amide bonds. The Labute approximate surface area is 93.9 Å². The predicted molar refractivity (Wildman–Crippen MR) is 65.0 cm³/mol. The smallest absolute Gasteiger partial charge is 0.126 e.